The van der Waals surface area contributed by atoms with Crippen LogP contribution in [0.2, 0.25) is 0 Å². The average molecular weight is 198 g/mol. The number of nitrogens with zero attached hydrogens (tertiary/aromatic N) is 3. The molecule has 1 aliphatic rings. The second-order valence-electron chi connectivity index (χ2n) is 3.33. The molecule has 1 aromatic rings. The van der Waals surface area contributed by atoms with Crippen molar-refractivity contribution in [1.29, 1.82) is 0 Å². The predicted molar refractivity (Wildman–Crippen MR) is 49.9 cm³/mol. The summed E-state index contributed by atoms with van der Waals surface area (Å²) < 4.78 is 3.12. The quantitative estimate of drug-likeness (QED) is 0.622. The Balaban J connectivity index is 2.25. The van der Waals surface area contributed by atoms with Gasteiger partial charge in [-0.25, -0.2) is 9.48 Å². The van der Waals surface area contributed by atoms with E-state index in [1.54, 1.807) is 4.57 Å². The molecule has 0 atom stereocenters. The topological polar surface area (TPSA) is 72.1 Å². The first-order valence-electron chi connectivity index (χ1n) is 4.81. The van der Waals surface area contributed by atoms with Crippen molar-refractivity contribution >= 4 is 0 Å². The molecule has 0 amide bonds. The van der Waals surface area contributed by atoms with Gasteiger partial charge >= 0.3 is 5.69 Å². The van der Waals surface area contributed by atoms with E-state index < -0.39 is 0 Å². The third-order valence-electron chi connectivity index (χ3n) is 2.32. The van der Waals surface area contributed by atoms with Crippen LogP contribution in [-0.4, -0.2) is 32.6 Å². The highest BCUT2D eigenvalue weighted by Gasteiger charge is 2.15. The van der Waals surface area contributed by atoms with Gasteiger partial charge in [-0.1, -0.05) is 0 Å². The zero-order chi connectivity index (χ0) is 9.97. The highest BCUT2D eigenvalue weighted by atomic mass is 16.3. The molecule has 0 saturated carbocycles. The normalized spacial score (nSPS) is 15.5. The Hall–Kier alpha value is -1.14. The largest absolute Gasteiger partial charge is 0.396 e. The summed E-state index contributed by atoms with van der Waals surface area (Å²) >= 11 is 0. The number of rotatable bonds is 3. The van der Waals surface area contributed by atoms with E-state index in [0.29, 0.717) is 26.1 Å². The number of aryl methyl sites for hydroxylation is 1. The molecule has 2 N–H and O–H groups in total. The second-order valence-corrected chi connectivity index (χ2v) is 3.33. The summed E-state index contributed by atoms with van der Waals surface area (Å²) in [5, 5.41) is 16.0. The summed E-state index contributed by atoms with van der Waals surface area (Å²) in [6.07, 6.45) is 0.573. The summed E-state index contributed by atoms with van der Waals surface area (Å²) in [6, 6.07) is 0. The van der Waals surface area contributed by atoms with Crippen LogP contribution >= 0.6 is 0 Å². The summed E-state index contributed by atoms with van der Waals surface area (Å²) in [5.41, 5.74) is -0.0602. The molecule has 0 aromatic carbocycles. The molecular formula is C8H14N4O2. The summed E-state index contributed by atoms with van der Waals surface area (Å²) in [4.78, 5) is 11.7. The van der Waals surface area contributed by atoms with E-state index in [-0.39, 0.29) is 12.3 Å². The molecule has 78 valence electrons. The molecule has 0 unspecified atom stereocenters. The van der Waals surface area contributed by atoms with Crippen molar-refractivity contribution in [2.24, 2.45) is 0 Å². The minimum atomic E-state index is -0.0602. The Bertz CT molecular complexity index is 368. The van der Waals surface area contributed by atoms with E-state index in [2.05, 4.69) is 10.4 Å². The first kappa shape index (κ1) is 9.42. The highest BCUT2D eigenvalue weighted by molar-refractivity contribution is 4.90. The van der Waals surface area contributed by atoms with Crippen molar-refractivity contribution in [1.82, 2.24) is 19.7 Å². The highest BCUT2D eigenvalue weighted by Crippen LogP contribution is 1.97. The Kier molecular flexibility index (Phi) is 2.64. The Labute approximate surface area is 81.2 Å². The summed E-state index contributed by atoms with van der Waals surface area (Å²) in [6.45, 7) is 2.75. The number of aromatic nitrogens is 3. The lowest BCUT2D eigenvalue weighted by molar-refractivity contribution is 0.275. The maximum Gasteiger partial charge on any atom is 0.345 e. The fourth-order valence-corrected chi connectivity index (χ4v) is 1.60. The number of fused-ring (bicyclic) bond motifs is 1. The Morgan fingerprint density at radius 1 is 1.57 bits per heavy atom. The molecule has 0 fully saturated rings. The number of hydrogen-bond donors (Lipinski definition) is 2. The Morgan fingerprint density at radius 3 is 3.14 bits per heavy atom. The van der Waals surface area contributed by atoms with Crippen LogP contribution in [0.25, 0.3) is 0 Å². The van der Waals surface area contributed by atoms with Crippen molar-refractivity contribution in [2.45, 2.75) is 26.1 Å². The van der Waals surface area contributed by atoms with E-state index in [1.807, 2.05) is 0 Å². The van der Waals surface area contributed by atoms with Gasteiger partial charge in [0.25, 0.3) is 0 Å². The molecule has 0 radical (unpaired) electrons. The third kappa shape index (κ3) is 1.58. The van der Waals surface area contributed by atoms with Crippen molar-refractivity contribution in [3.8, 4) is 0 Å². The van der Waals surface area contributed by atoms with Crippen molar-refractivity contribution in [3.05, 3.63) is 16.3 Å². The maximum atomic E-state index is 11.7. The van der Waals surface area contributed by atoms with Gasteiger partial charge in [0.05, 0.1) is 6.54 Å². The molecule has 2 rings (SSSR count). The molecule has 0 saturated heterocycles. The van der Waals surface area contributed by atoms with Crippen LogP contribution in [0.3, 0.4) is 0 Å². The smallest absolute Gasteiger partial charge is 0.345 e. The molecule has 14 heavy (non-hydrogen) atoms. The van der Waals surface area contributed by atoms with Crippen molar-refractivity contribution < 1.29 is 5.11 Å². The van der Waals surface area contributed by atoms with Gasteiger partial charge in [-0.05, 0) is 6.42 Å². The standard InChI is InChI=1S/C8H14N4O2/c13-5-1-3-12-8(14)11-4-2-9-6-7(11)10-12/h9,13H,1-6H2. The maximum absolute atomic E-state index is 11.7. The van der Waals surface area contributed by atoms with Gasteiger partial charge in [0.15, 0.2) is 0 Å². The molecule has 2 heterocycles. The number of aliphatic hydroxyl groups excluding tert-OH is 1. The summed E-state index contributed by atoms with van der Waals surface area (Å²) in [7, 11) is 0. The van der Waals surface area contributed by atoms with Gasteiger partial charge in [0.1, 0.15) is 5.82 Å². The zero-order valence-electron chi connectivity index (χ0n) is 7.94. The van der Waals surface area contributed by atoms with E-state index in [0.717, 1.165) is 12.4 Å². The van der Waals surface area contributed by atoms with Crippen LogP contribution in [0.1, 0.15) is 12.2 Å². The van der Waals surface area contributed by atoms with Crippen molar-refractivity contribution in [3.63, 3.8) is 0 Å². The van der Waals surface area contributed by atoms with Crippen LogP contribution in [0.5, 0.6) is 0 Å². The molecule has 0 aliphatic carbocycles. The van der Waals surface area contributed by atoms with Crippen LogP contribution < -0.4 is 11.0 Å². The van der Waals surface area contributed by atoms with Gasteiger partial charge in [-0.3, -0.25) is 4.57 Å². The van der Waals surface area contributed by atoms with Gasteiger partial charge < -0.3 is 10.4 Å². The second kappa shape index (κ2) is 3.93. The minimum Gasteiger partial charge on any atom is -0.396 e. The lowest BCUT2D eigenvalue weighted by Gasteiger charge is -2.11. The first-order chi connectivity index (χ1) is 6.83. The predicted octanol–water partition coefficient (Wildman–Crippen LogP) is -1.47. The molecule has 6 heteroatoms. The third-order valence-corrected chi connectivity index (χ3v) is 2.32. The van der Waals surface area contributed by atoms with Crippen molar-refractivity contribution in [2.75, 3.05) is 13.2 Å². The average Bonchev–Trinajstić information content (AvgIpc) is 2.54. The molecule has 1 aliphatic heterocycles. The first-order valence-corrected chi connectivity index (χ1v) is 4.81. The SMILES string of the molecule is O=c1n(CCCO)nc2n1CCNC2. The van der Waals surface area contributed by atoms with Gasteiger partial charge in [0, 0.05) is 26.2 Å². The van der Waals surface area contributed by atoms with E-state index in [1.165, 1.54) is 4.68 Å². The summed E-state index contributed by atoms with van der Waals surface area (Å²) in [5.74, 6) is 0.791. The molecule has 6 nitrogen and oxygen atoms in total. The minimum absolute atomic E-state index is 0.0602. The molecular weight excluding hydrogens is 184 g/mol. The van der Waals surface area contributed by atoms with E-state index >= 15 is 0 Å². The van der Waals surface area contributed by atoms with Gasteiger partial charge in [-0.15, -0.1) is 0 Å². The number of hydrogen-bond acceptors (Lipinski definition) is 4. The monoisotopic (exact) mass is 198 g/mol. The molecule has 1 aromatic heterocycles. The number of aliphatic hydroxyl groups is 1. The molecule has 0 spiro atoms. The van der Waals surface area contributed by atoms with E-state index in [4.69, 9.17) is 5.11 Å². The Morgan fingerprint density at radius 2 is 2.43 bits per heavy atom. The van der Waals surface area contributed by atoms with Crippen LogP contribution in [0, 0.1) is 0 Å². The zero-order valence-corrected chi connectivity index (χ0v) is 7.94. The fourth-order valence-electron chi connectivity index (χ4n) is 1.60. The van der Waals surface area contributed by atoms with E-state index in [9.17, 15) is 4.79 Å². The van der Waals surface area contributed by atoms with Gasteiger partial charge in [-0.2, -0.15) is 5.10 Å². The molecule has 0 bridgehead atoms. The lowest BCUT2D eigenvalue weighted by Crippen LogP contribution is -2.34. The fraction of sp³-hybridized carbons (Fsp3) is 0.750. The van der Waals surface area contributed by atoms with Crippen LogP contribution in [-0.2, 0) is 19.6 Å². The lowest BCUT2D eigenvalue weighted by atomic mass is 10.4. The van der Waals surface area contributed by atoms with Crippen LogP contribution in [0.15, 0.2) is 4.79 Å². The van der Waals surface area contributed by atoms with Crippen LogP contribution in [0.4, 0.5) is 0 Å². The number of nitrogens with one attached hydrogen (secondary N) is 1. The van der Waals surface area contributed by atoms with Gasteiger partial charge in [0.2, 0.25) is 0 Å².